The van der Waals surface area contributed by atoms with Crippen LogP contribution in [0.5, 0.6) is 5.75 Å². The molecule has 1 aliphatic carbocycles. The second-order valence-electron chi connectivity index (χ2n) is 4.53. The molecule has 0 spiro atoms. The fourth-order valence-corrected chi connectivity index (χ4v) is 2.01. The van der Waals surface area contributed by atoms with Crippen molar-refractivity contribution < 1.29 is 23.8 Å². The summed E-state index contributed by atoms with van der Waals surface area (Å²) in [5.41, 5.74) is 0.289. The minimum absolute atomic E-state index is 0.00433. The molecular formula is C13H14FNO4. The van der Waals surface area contributed by atoms with Crippen molar-refractivity contribution in [3.05, 3.63) is 29.6 Å². The lowest BCUT2D eigenvalue weighted by atomic mass is 9.80. The molecule has 1 amide bonds. The molecule has 1 aromatic carbocycles. The van der Waals surface area contributed by atoms with Crippen molar-refractivity contribution in [3.8, 4) is 5.75 Å². The van der Waals surface area contributed by atoms with Gasteiger partial charge < -0.3 is 15.2 Å². The Balaban J connectivity index is 1.96. The molecule has 19 heavy (non-hydrogen) atoms. The smallest absolute Gasteiger partial charge is 0.306 e. The number of nitrogens with one attached hydrogen (secondary N) is 1. The second kappa shape index (κ2) is 5.26. The quantitative estimate of drug-likeness (QED) is 0.865. The van der Waals surface area contributed by atoms with E-state index in [1.54, 1.807) is 0 Å². The van der Waals surface area contributed by atoms with Gasteiger partial charge in [-0.1, -0.05) is 0 Å². The van der Waals surface area contributed by atoms with Crippen LogP contribution in [0.3, 0.4) is 0 Å². The highest BCUT2D eigenvalue weighted by Gasteiger charge is 2.35. The molecule has 1 aromatic rings. The number of ether oxygens (including phenoxy) is 1. The predicted molar refractivity (Wildman–Crippen MR) is 64.6 cm³/mol. The average molecular weight is 267 g/mol. The van der Waals surface area contributed by atoms with Gasteiger partial charge in [0, 0.05) is 11.6 Å². The Morgan fingerprint density at radius 2 is 2.11 bits per heavy atom. The zero-order valence-electron chi connectivity index (χ0n) is 10.4. The lowest BCUT2D eigenvalue weighted by Gasteiger charge is -2.32. The van der Waals surface area contributed by atoms with E-state index in [0.29, 0.717) is 12.8 Å². The highest BCUT2D eigenvalue weighted by Crippen LogP contribution is 2.28. The third kappa shape index (κ3) is 2.83. The Labute approximate surface area is 109 Å². The summed E-state index contributed by atoms with van der Waals surface area (Å²) in [6.07, 6.45) is 0.860. The highest BCUT2D eigenvalue weighted by molar-refractivity contribution is 5.95. The topological polar surface area (TPSA) is 75.6 Å². The summed E-state index contributed by atoms with van der Waals surface area (Å²) in [7, 11) is 1.32. The van der Waals surface area contributed by atoms with Crippen molar-refractivity contribution in [2.75, 3.05) is 7.11 Å². The number of carboxylic acid groups (broad SMARTS) is 1. The first kappa shape index (κ1) is 13.3. The summed E-state index contributed by atoms with van der Waals surface area (Å²) in [5, 5.41) is 11.4. The number of carboxylic acids is 1. The largest absolute Gasteiger partial charge is 0.494 e. The van der Waals surface area contributed by atoms with Gasteiger partial charge in [0.2, 0.25) is 0 Å². The third-order valence-corrected chi connectivity index (χ3v) is 3.24. The number of hydrogen-bond donors (Lipinski definition) is 2. The Kier molecular flexibility index (Phi) is 3.69. The first-order valence-corrected chi connectivity index (χ1v) is 5.88. The number of carbonyl (C=O) groups is 2. The van der Waals surface area contributed by atoms with Gasteiger partial charge >= 0.3 is 5.97 Å². The van der Waals surface area contributed by atoms with E-state index in [9.17, 15) is 14.0 Å². The number of benzene rings is 1. The number of carbonyl (C=O) groups excluding carboxylic acids is 1. The van der Waals surface area contributed by atoms with Crippen LogP contribution in [0, 0.1) is 11.7 Å². The molecule has 0 heterocycles. The lowest BCUT2D eigenvalue weighted by molar-refractivity contribution is -0.145. The molecule has 0 aliphatic heterocycles. The molecule has 6 heteroatoms. The Morgan fingerprint density at radius 3 is 2.68 bits per heavy atom. The van der Waals surface area contributed by atoms with Crippen LogP contribution in [-0.2, 0) is 4.79 Å². The van der Waals surface area contributed by atoms with Crippen LogP contribution in [-0.4, -0.2) is 30.1 Å². The van der Waals surface area contributed by atoms with Crippen LogP contribution in [0.2, 0.25) is 0 Å². The zero-order valence-corrected chi connectivity index (χ0v) is 10.4. The molecule has 1 fully saturated rings. The molecule has 0 aromatic heterocycles. The normalized spacial score (nSPS) is 21.4. The van der Waals surface area contributed by atoms with E-state index in [0.717, 1.165) is 6.07 Å². The summed E-state index contributed by atoms with van der Waals surface area (Å²) in [6.45, 7) is 0. The number of aliphatic carboxylic acids is 1. The molecule has 0 bridgehead atoms. The van der Waals surface area contributed by atoms with Crippen molar-refractivity contribution in [1.82, 2.24) is 5.32 Å². The maximum Gasteiger partial charge on any atom is 0.306 e. The van der Waals surface area contributed by atoms with Gasteiger partial charge in [0.1, 0.15) is 0 Å². The highest BCUT2D eigenvalue weighted by atomic mass is 19.1. The zero-order chi connectivity index (χ0) is 14.0. The minimum Gasteiger partial charge on any atom is -0.494 e. The first-order valence-electron chi connectivity index (χ1n) is 5.88. The fraction of sp³-hybridized carbons (Fsp3) is 0.385. The molecule has 0 unspecified atom stereocenters. The molecule has 0 radical (unpaired) electrons. The molecule has 1 aliphatic rings. The SMILES string of the molecule is COc1cc(C(=O)NC2CC(C(=O)O)C2)ccc1F. The summed E-state index contributed by atoms with van der Waals surface area (Å²) in [5.74, 6) is -2.10. The Morgan fingerprint density at radius 1 is 1.42 bits per heavy atom. The van der Waals surface area contributed by atoms with Gasteiger partial charge in [0.05, 0.1) is 13.0 Å². The maximum atomic E-state index is 13.2. The van der Waals surface area contributed by atoms with E-state index >= 15 is 0 Å². The van der Waals surface area contributed by atoms with Crippen LogP contribution in [0.15, 0.2) is 18.2 Å². The minimum atomic E-state index is -0.839. The maximum absolute atomic E-state index is 13.2. The summed E-state index contributed by atoms with van der Waals surface area (Å²) in [6, 6.07) is 3.71. The second-order valence-corrected chi connectivity index (χ2v) is 4.53. The number of hydrogen-bond acceptors (Lipinski definition) is 3. The predicted octanol–water partition coefficient (Wildman–Crippen LogP) is 1.43. The molecule has 0 atom stereocenters. The lowest BCUT2D eigenvalue weighted by Crippen LogP contribution is -2.46. The van der Waals surface area contributed by atoms with Crippen LogP contribution in [0.25, 0.3) is 0 Å². The first-order chi connectivity index (χ1) is 9.01. The van der Waals surface area contributed by atoms with Gasteiger partial charge in [-0.15, -0.1) is 0 Å². The van der Waals surface area contributed by atoms with E-state index in [-0.39, 0.29) is 29.2 Å². The Bertz CT molecular complexity index is 511. The summed E-state index contributed by atoms with van der Waals surface area (Å²) < 4.78 is 18.0. The van der Waals surface area contributed by atoms with Crippen LogP contribution in [0.4, 0.5) is 4.39 Å². The van der Waals surface area contributed by atoms with E-state index in [4.69, 9.17) is 9.84 Å². The van der Waals surface area contributed by atoms with Crippen molar-refractivity contribution in [2.45, 2.75) is 18.9 Å². The van der Waals surface area contributed by atoms with E-state index in [1.165, 1.54) is 19.2 Å². The van der Waals surface area contributed by atoms with Gasteiger partial charge in [0.25, 0.3) is 5.91 Å². The van der Waals surface area contributed by atoms with E-state index < -0.39 is 11.8 Å². The van der Waals surface area contributed by atoms with Crippen molar-refractivity contribution in [1.29, 1.82) is 0 Å². The van der Waals surface area contributed by atoms with Gasteiger partial charge in [-0.2, -0.15) is 0 Å². The van der Waals surface area contributed by atoms with Gasteiger partial charge in [-0.3, -0.25) is 9.59 Å². The fourth-order valence-electron chi connectivity index (χ4n) is 2.01. The molecule has 1 saturated carbocycles. The van der Waals surface area contributed by atoms with Gasteiger partial charge in [0.15, 0.2) is 11.6 Å². The molecule has 2 N–H and O–H groups in total. The van der Waals surface area contributed by atoms with E-state index in [2.05, 4.69) is 5.32 Å². The van der Waals surface area contributed by atoms with Crippen molar-refractivity contribution >= 4 is 11.9 Å². The number of rotatable bonds is 4. The van der Waals surface area contributed by atoms with Crippen LogP contribution >= 0.6 is 0 Å². The van der Waals surface area contributed by atoms with Gasteiger partial charge in [-0.05, 0) is 31.0 Å². The number of halogens is 1. The van der Waals surface area contributed by atoms with Gasteiger partial charge in [-0.25, -0.2) is 4.39 Å². The summed E-state index contributed by atoms with van der Waals surface area (Å²) in [4.78, 5) is 22.5. The molecule has 2 rings (SSSR count). The molecular weight excluding hydrogens is 253 g/mol. The van der Waals surface area contributed by atoms with E-state index in [1.807, 2.05) is 0 Å². The molecule has 102 valence electrons. The molecule has 5 nitrogen and oxygen atoms in total. The number of methoxy groups -OCH3 is 1. The standard InChI is InChI=1S/C13H14FNO4/c1-19-11-6-7(2-3-10(11)14)12(16)15-9-4-8(5-9)13(17)18/h2-3,6,8-9H,4-5H2,1H3,(H,15,16)(H,17,18). The molecule has 0 saturated heterocycles. The third-order valence-electron chi connectivity index (χ3n) is 3.24. The van der Waals surface area contributed by atoms with Crippen molar-refractivity contribution in [3.63, 3.8) is 0 Å². The van der Waals surface area contributed by atoms with Crippen LogP contribution < -0.4 is 10.1 Å². The number of amides is 1. The Hall–Kier alpha value is -2.11. The monoisotopic (exact) mass is 267 g/mol. The van der Waals surface area contributed by atoms with Crippen LogP contribution in [0.1, 0.15) is 23.2 Å². The average Bonchev–Trinajstić information content (AvgIpc) is 2.33. The summed E-state index contributed by atoms with van der Waals surface area (Å²) >= 11 is 0. The van der Waals surface area contributed by atoms with Crippen molar-refractivity contribution in [2.24, 2.45) is 5.92 Å².